The van der Waals surface area contributed by atoms with Crippen molar-refractivity contribution >= 4 is 23.1 Å². The number of carbonyl (C=O) groups excluding carboxylic acids is 2. The average Bonchev–Trinajstić information content (AvgIpc) is 2.54. The number of ketones is 1. The Morgan fingerprint density at radius 3 is 2.42 bits per heavy atom. The minimum atomic E-state index is -0.605. The number of carbonyl (C=O) groups is 2. The van der Waals surface area contributed by atoms with E-state index in [1.807, 2.05) is 0 Å². The fourth-order valence-electron chi connectivity index (χ4n) is 2.04. The number of benzene rings is 1. The number of aromatic nitrogens is 1. The Morgan fingerprint density at radius 2 is 1.83 bits per heavy atom. The van der Waals surface area contributed by atoms with Crippen molar-refractivity contribution in [2.45, 2.75) is 19.9 Å². The minimum absolute atomic E-state index is 0.0183. The molecule has 8 heteroatoms. The summed E-state index contributed by atoms with van der Waals surface area (Å²) in [6.07, 6.45) is 1.09. The Bertz CT molecular complexity index is 840. The molecule has 2 rings (SSSR count). The molecule has 0 aliphatic heterocycles. The molecule has 0 bridgehead atoms. The summed E-state index contributed by atoms with van der Waals surface area (Å²) in [5, 5.41) is 13.3. The zero-order valence-electron chi connectivity index (χ0n) is 12.9. The number of rotatable bonds is 6. The molecule has 1 aromatic heterocycles. The van der Waals surface area contributed by atoms with E-state index in [-0.39, 0.29) is 30.3 Å². The predicted molar refractivity (Wildman–Crippen MR) is 87.0 cm³/mol. The number of anilines is 1. The smallest absolute Gasteiger partial charge is 0.285 e. The topological polar surface area (TPSA) is 111 Å². The molecule has 0 fully saturated rings. The van der Waals surface area contributed by atoms with Crippen LogP contribution in [0.4, 0.5) is 11.4 Å². The molecule has 0 spiro atoms. The first-order valence-corrected chi connectivity index (χ1v) is 7.12. The Balaban J connectivity index is 1.98. The molecule has 0 saturated heterocycles. The highest BCUT2D eigenvalue weighted by Crippen LogP contribution is 2.11. The Morgan fingerprint density at radius 1 is 1.17 bits per heavy atom. The maximum absolute atomic E-state index is 11.9. The van der Waals surface area contributed by atoms with Gasteiger partial charge in [-0.3, -0.25) is 24.5 Å². The number of nitro groups is 1. The van der Waals surface area contributed by atoms with Gasteiger partial charge >= 0.3 is 0 Å². The first-order chi connectivity index (χ1) is 11.4. The molecular weight excluding hydrogens is 314 g/mol. The van der Waals surface area contributed by atoms with Crippen LogP contribution in [0.15, 0.2) is 47.4 Å². The quantitative estimate of drug-likeness (QED) is 0.495. The van der Waals surface area contributed by atoms with Crippen molar-refractivity contribution < 1.29 is 14.5 Å². The van der Waals surface area contributed by atoms with E-state index in [1.165, 1.54) is 6.92 Å². The van der Waals surface area contributed by atoms with Crippen LogP contribution in [-0.4, -0.2) is 21.2 Å². The second-order valence-electron chi connectivity index (χ2n) is 5.11. The van der Waals surface area contributed by atoms with Crippen molar-refractivity contribution in [3.63, 3.8) is 0 Å². The summed E-state index contributed by atoms with van der Waals surface area (Å²) in [6, 6.07) is 8.63. The third kappa shape index (κ3) is 4.35. The first kappa shape index (κ1) is 17.1. The van der Waals surface area contributed by atoms with E-state index in [1.54, 1.807) is 24.3 Å². The molecule has 0 aliphatic rings. The highest BCUT2D eigenvalue weighted by Gasteiger charge is 2.09. The van der Waals surface area contributed by atoms with Crippen LogP contribution in [0.2, 0.25) is 0 Å². The lowest BCUT2D eigenvalue weighted by Crippen LogP contribution is -2.22. The molecule has 0 saturated carbocycles. The van der Waals surface area contributed by atoms with Crippen LogP contribution in [0, 0.1) is 10.1 Å². The molecule has 0 unspecified atom stereocenters. The van der Waals surface area contributed by atoms with Crippen LogP contribution in [0.1, 0.15) is 23.7 Å². The van der Waals surface area contributed by atoms with E-state index >= 15 is 0 Å². The number of pyridine rings is 1. The second kappa shape index (κ2) is 7.32. The molecule has 0 atom stereocenters. The van der Waals surface area contributed by atoms with Gasteiger partial charge in [0.05, 0.1) is 11.1 Å². The fraction of sp³-hybridized carbons (Fsp3) is 0.188. The van der Waals surface area contributed by atoms with E-state index in [0.29, 0.717) is 11.3 Å². The number of hydrogen-bond donors (Lipinski definition) is 1. The van der Waals surface area contributed by atoms with E-state index in [0.717, 1.165) is 22.9 Å². The van der Waals surface area contributed by atoms with Gasteiger partial charge in [-0.25, -0.2) is 0 Å². The van der Waals surface area contributed by atoms with Crippen LogP contribution in [-0.2, 0) is 11.3 Å². The van der Waals surface area contributed by atoms with Crippen molar-refractivity contribution in [3.8, 4) is 0 Å². The van der Waals surface area contributed by atoms with Gasteiger partial charge in [0.15, 0.2) is 5.78 Å². The lowest BCUT2D eigenvalue weighted by atomic mass is 10.1. The van der Waals surface area contributed by atoms with Gasteiger partial charge in [0.25, 0.3) is 11.2 Å². The lowest BCUT2D eigenvalue weighted by molar-refractivity contribution is -0.385. The summed E-state index contributed by atoms with van der Waals surface area (Å²) in [6.45, 7) is 1.47. The van der Waals surface area contributed by atoms with Crippen molar-refractivity contribution in [1.82, 2.24) is 4.57 Å². The number of aryl methyl sites for hydroxylation is 1. The molecule has 2 aromatic rings. The fourth-order valence-corrected chi connectivity index (χ4v) is 2.04. The summed E-state index contributed by atoms with van der Waals surface area (Å²) in [7, 11) is 0. The molecule has 1 N–H and O–H groups in total. The molecule has 0 aliphatic carbocycles. The highest BCUT2D eigenvalue weighted by atomic mass is 16.6. The second-order valence-corrected chi connectivity index (χ2v) is 5.11. The van der Waals surface area contributed by atoms with E-state index < -0.39 is 10.5 Å². The number of Topliss-reactive ketones (excluding diaryl/α,β-unsaturated/α-hetero) is 1. The van der Waals surface area contributed by atoms with E-state index in [2.05, 4.69) is 5.32 Å². The van der Waals surface area contributed by atoms with Crippen molar-refractivity contribution in [2.24, 2.45) is 0 Å². The number of amides is 1. The van der Waals surface area contributed by atoms with Gasteiger partial charge < -0.3 is 9.88 Å². The normalized spacial score (nSPS) is 10.2. The molecule has 0 radical (unpaired) electrons. The minimum Gasteiger partial charge on any atom is -0.326 e. The third-order valence-corrected chi connectivity index (χ3v) is 3.33. The molecule has 1 amide bonds. The summed E-state index contributed by atoms with van der Waals surface area (Å²) in [5.41, 5.74) is 0.432. The van der Waals surface area contributed by atoms with Gasteiger partial charge in [0.2, 0.25) is 5.91 Å². The Kier molecular flexibility index (Phi) is 5.20. The summed E-state index contributed by atoms with van der Waals surface area (Å²) >= 11 is 0. The standard InChI is InChI=1S/C16H15N3O5/c1-11(20)12-2-4-13(5-3-12)17-15(21)8-9-18-10-14(19(23)24)6-7-16(18)22/h2-7,10H,8-9H2,1H3,(H,17,21). The zero-order chi connectivity index (χ0) is 17.7. The summed E-state index contributed by atoms with van der Waals surface area (Å²) in [4.78, 5) is 44.8. The Hall–Kier alpha value is -3.29. The zero-order valence-corrected chi connectivity index (χ0v) is 12.9. The SMILES string of the molecule is CC(=O)c1ccc(NC(=O)CCn2cc([N+](=O)[O-])ccc2=O)cc1. The molecule has 1 aromatic carbocycles. The average molecular weight is 329 g/mol. The molecule has 1 heterocycles. The molecule has 124 valence electrons. The number of nitrogens with one attached hydrogen (secondary N) is 1. The van der Waals surface area contributed by atoms with Crippen LogP contribution in [0.5, 0.6) is 0 Å². The first-order valence-electron chi connectivity index (χ1n) is 7.12. The van der Waals surface area contributed by atoms with Gasteiger partial charge in [-0.2, -0.15) is 0 Å². The van der Waals surface area contributed by atoms with Crippen LogP contribution >= 0.6 is 0 Å². The van der Waals surface area contributed by atoms with E-state index in [9.17, 15) is 24.5 Å². The van der Waals surface area contributed by atoms with Gasteiger partial charge in [-0.05, 0) is 31.2 Å². The molecule has 24 heavy (non-hydrogen) atoms. The number of hydrogen-bond acceptors (Lipinski definition) is 5. The van der Waals surface area contributed by atoms with Gasteiger partial charge in [-0.1, -0.05) is 0 Å². The molecular formula is C16H15N3O5. The van der Waals surface area contributed by atoms with Crippen LogP contribution in [0.3, 0.4) is 0 Å². The summed E-state index contributed by atoms with van der Waals surface area (Å²) < 4.78 is 1.12. The largest absolute Gasteiger partial charge is 0.326 e. The molecule has 8 nitrogen and oxygen atoms in total. The van der Waals surface area contributed by atoms with Crippen LogP contribution in [0.25, 0.3) is 0 Å². The van der Waals surface area contributed by atoms with Crippen molar-refractivity contribution in [2.75, 3.05) is 5.32 Å². The van der Waals surface area contributed by atoms with Gasteiger partial charge in [-0.15, -0.1) is 0 Å². The van der Waals surface area contributed by atoms with Crippen molar-refractivity contribution in [1.29, 1.82) is 0 Å². The van der Waals surface area contributed by atoms with E-state index in [4.69, 9.17) is 0 Å². The van der Waals surface area contributed by atoms with Crippen LogP contribution < -0.4 is 10.9 Å². The lowest BCUT2D eigenvalue weighted by Gasteiger charge is -2.07. The summed E-state index contributed by atoms with van der Waals surface area (Å²) in [5.74, 6) is -0.415. The Labute approximate surface area is 136 Å². The monoisotopic (exact) mass is 329 g/mol. The van der Waals surface area contributed by atoms with Crippen molar-refractivity contribution in [3.05, 3.63) is 68.6 Å². The maximum atomic E-state index is 11.9. The van der Waals surface area contributed by atoms with Gasteiger partial charge in [0.1, 0.15) is 0 Å². The third-order valence-electron chi connectivity index (χ3n) is 3.33. The van der Waals surface area contributed by atoms with Gasteiger partial charge in [0, 0.05) is 36.3 Å². The number of nitrogens with zero attached hydrogens (tertiary/aromatic N) is 2. The maximum Gasteiger partial charge on any atom is 0.285 e. The highest BCUT2D eigenvalue weighted by molar-refractivity contribution is 5.95. The predicted octanol–water partition coefficient (Wildman–Crippen LogP) is 1.99.